The molecule has 0 bridgehead atoms. The molecule has 1 aromatic carbocycles. The Kier molecular flexibility index (Phi) is 2.63. The van der Waals surface area contributed by atoms with Crippen molar-refractivity contribution in [2.24, 2.45) is 11.8 Å². The first-order valence-electron chi connectivity index (χ1n) is 5.53. The maximum Gasteiger partial charge on any atom is 0.251 e. The van der Waals surface area contributed by atoms with Crippen molar-refractivity contribution in [2.45, 2.75) is 6.04 Å². The molecule has 1 amide bonds. The summed E-state index contributed by atoms with van der Waals surface area (Å²) in [7, 11) is 0. The normalized spacial score (nSPS) is 30.9. The summed E-state index contributed by atoms with van der Waals surface area (Å²) in [6.45, 7) is 2.12. The van der Waals surface area contributed by atoms with Crippen LogP contribution >= 0.6 is 22.6 Å². The van der Waals surface area contributed by atoms with Crippen LogP contribution in [0.15, 0.2) is 24.3 Å². The zero-order chi connectivity index (χ0) is 11.1. The highest BCUT2D eigenvalue weighted by Gasteiger charge is 2.53. The number of halogens is 1. The third-order valence-electron chi connectivity index (χ3n) is 3.50. The lowest BCUT2D eigenvalue weighted by Crippen LogP contribution is -2.32. The van der Waals surface area contributed by atoms with E-state index < -0.39 is 0 Å². The summed E-state index contributed by atoms with van der Waals surface area (Å²) in [4.78, 5) is 11.9. The Morgan fingerprint density at radius 1 is 1.25 bits per heavy atom. The van der Waals surface area contributed by atoms with Crippen LogP contribution in [-0.2, 0) is 0 Å². The van der Waals surface area contributed by atoms with Crippen LogP contribution in [0.4, 0.5) is 0 Å². The van der Waals surface area contributed by atoms with Crippen LogP contribution in [0, 0.1) is 15.4 Å². The monoisotopic (exact) mass is 328 g/mol. The van der Waals surface area contributed by atoms with Gasteiger partial charge >= 0.3 is 0 Å². The van der Waals surface area contributed by atoms with Crippen molar-refractivity contribution in [3.63, 3.8) is 0 Å². The quantitative estimate of drug-likeness (QED) is 0.802. The van der Waals surface area contributed by atoms with E-state index in [0.29, 0.717) is 17.9 Å². The number of carbonyl (C=O) groups excluding carboxylic acids is 1. The van der Waals surface area contributed by atoms with E-state index in [1.165, 1.54) is 0 Å². The first kappa shape index (κ1) is 10.5. The molecule has 2 unspecified atom stereocenters. The Hall–Kier alpha value is -0.620. The number of hydrogen-bond donors (Lipinski definition) is 2. The molecule has 1 aromatic rings. The highest BCUT2D eigenvalue weighted by Crippen LogP contribution is 2.41. The van der Waals surface area contributed by atoms with Gasteiger partial charge in [-0.3, -0.25) is 4.79 Å². The van der Waals surface area contributed by atoms with E-state index in [2.05, 4.69) is 33.2 Å². The molecule has 1 aliphatic heterocycles. The molecule has 0 aromatic heterocycles. The molecular weight excluding hydrogens is 315 g/mol. The molecule has 1 saturated carbocycles. The average molecular weight is 328 g/mol. The third-order valence-corrected chi connectivity index (χ3v) is 4.22. The van der Waals surface area contributed by atoms with E-state index >= 15 is 0 Å². The van der Waals surface area contributed by atoms with Crippen LogP contribution in [0.1, 0.15) is 10.4 Å². The van der Waals surface area contributed by atoms with Gasteiger partial charge in [0.05, 0.1) is 0 Å². The van der Waals surface area contributed by atoms with Crippen molar-refractivity contribution in [1.29, 1.82) is 0 Å². The van der Waals surface area contributed by atoms with E-state index in [9.17, 15) is 4.79 Å². The van der Waals surface area contributed by atoms with Gasteiger partial charge in [-0.15, -0.1) is 0 Å². The van der Waals surface area contributed by atoms with E-state index in [1.807, 2.05) is 24.3 Å². The summed E-state index contributed by atoms with van der Waals surface area (Å²) in [5, 5.41) is 6.43. The molecule has 2 aliphatic rings. The number of rotatable bonds is 2. The van der Waals surface area contributed by atoms with Crippen molar-refractivity contribution in [2.75, 3.05) is 13.1 Å². The van der Waals surface area contributed by atoms with Crippen molar-refractivity contribution in [3.05, 3.63) is 33.4 Å². The fourth-order valence-electron chi connectivity index (χ4n) is 2.47. The zero-order valence-corrected chi connectivity index (χ0v) is 10.9. The van der Waals surface area contributed by atoms with E-state index in [4.69, 9.17) is 0 Å². The summed E-state index contributed by atoms with van der Waals surface area (Å²) in [5.41, 5.74) is 0.762. The SMILES string of the molecule is O=C(NC1C2CNCC21)c1ccc(I)cc1. The molecule has 1 saturated heterocycles. The van der Waals surface area contributed by atoms with Crippen LogP contribution in [0.25, 0.3) is 0 Å². The van der Waals surface area contributed by atoms with Crippen molar-refractivity contribution in [3.8, 4) is 0 Å². The summed E-state index contributed by atoms with van der Waals surface area (Å²) in [6, 6.07) is 8.10. The number of fused-ring (bicyclic) bond motifs is 1. The Balaban J connectivity index is 1.63. The van der Waals surface area contributed by atoms with E-state index in [-0.39, 0.29) is 5.91 Å². The van der Waals surface area contributed by atoms with E-state index in [0.717, 1.165) is 22.2 Å². The number of amides is 1. The minimum atomic E-state index is 0.0656. The summed E-state index contributed by atoms with van der Waals surface area (Å²) in [5.74, 6) is 1.41. The summed E-state index contributed by atoms with van der Waals surface area (Å²) >= 11 is 2.24. The average Bonchev–Trinajstić information content (AvgIpc) is 2.75. The van der Waals surface area contributed by atoms with Crippen molar-refractivity contribution in [1.82, 2.24) is 10.6 Å². The van der Waals surface area contributed by atoms with Gasteiger partial charge in [-0.05, 0) is 58.7 Å². The first-order chi connectivity index (χ1) is 7.75. The molecule has 1 heterocycles. The molecule has 4 heteroatoms. The molecule has 2 atom stereocenters. The molecule has 3 rings (SSSR count). The van der Waals surface area contributed by atoms with Crippen molar-refractivity contribution >= 4 is 28.5 Å². The van der Waals surface area contributed by atoms with Crippen LogP contribution in [0.5, 0.6) is 0 Å². The van der Waals surface area contributed by atoms with Crippen LogP contribution < -0.4 is 10.6 Å². The number of carbonyl (C=O) groups is 1. The predicted octanol–water partition coefficient (Wildman–Crippen LogP) is 1.24. The maximum absolute atomic E-state index is 11.9. The second-order valence-corrected chi connectivity index (χ2v) is 5.74. The minimum Gasteiger partial charge on any atom is -0.349 e. The highest BCUT2D eigenvalue weighted by molar-refractivity contribution is 14.1. The standard InChI is InChI=1S/C12H13IN2O/c13-8-3-1-7(2-4-8)12(16)15-11-9-5-14-6-10(9)11/h1-4,9-11,14H,5-6H2,(H,15,16). The largest absolute Gasteiger partial charge is 0.349 e. The predicted molar refractivity (Wildman–Crippen MR) is 70.3 cm³/mol. The van der Waals surface area contributed by atoms with Crippen LogP contribution in [-0.4, -0.2) is 25.0 Å². The highest BCUT2D eigenvalue weighted by atomic mass is 127. The van der Waals surface area contributed by atoms with Gasteiger partial charge in [0.1, 0.15) is 0 Å². The van der Waals surface area contributed by atoms with Gasteiger partial charge < -0.3 is 10.6 Å². The van der Waals surface area contributed by atoms with Gasteiger partial charge in [0.25, 0.3) is 5.91 Å². The second-order valence-electron chi connectivity index (χ2n) is 4.49. The smallest absolute Gasteiger partial charge is 0.251 e. The lowest BCUT2D eigenvalue weighted by Gasteiger charge is -2.07. The molecular formula is C12H13IN2O. The van der Waals surface area contributed by atoms with Gasteiger partial charge in [-0.2, -0.15) is 0 Å². The number of nitrogens with one attached hydrogen (secondary N) is 2. The second kappa shape index (κ2) is 4.00. The number of piperidine rings is 1. The summed E-state index contributed by atoms with van der Waals surface area (Å²) in [6.07, 6.45) is 0. The zero-order valence-electron chi connectivity index (χ0n) is 8.74. The molecule has 0 spiro atoms. The maximum atomic E-state index is 11.9. The van der Waals surface area contributed by atoms with Gasteiger partial charge in [-0.1, -0.05) is 0 Å². The molecule has 16 heavy (non-hydrogen) atoms. The van der Waals surface area contributed by atoms with Crippen LogP contribution in [0.3, 0.4) is 0 Å². The fourth-order valence-corrected chi connectivity index (χ4v) is 2.83. The Morgan fingerprint density at radius 2 is 1.88 bits per heavy atom. The minimum absolute atomic E-state index is 0.0656. The topological polar surface area (TPSA) is 41.1 Å². The Labute approximate surface area is 108 Å². The summed E-state index contributed by atoms with van der Waals surface area (Å²) < 4.78 is 1.15. The van der Waals surface area contributed by atoms with Gasteiger partial charge in [-0.25, -0.2) is 0 Å². The molecule has 1 aliphatic carbocycles. The fraction of sp³-hybridized carbons (Fsp3) is 0.417. The number of benzene rings is 1. The van der Waals surface area contributed by atoms with Crippen LogP contribution in [0.2, 0.25) is 0 Å². The lowest BCUT2D eigenvalue weighted by atomic mass is 10.2. The molecule has 84 valence electrons. The third kappa shape index (κ3) is 1.84. The molecule has 0 radical (unpaired) electrons. The van der Waals surface area contributed by atoms with Crippen molar-refractivity contribution < 1.29 is 4.79 Å². The van der Waals surface area contributed by atoms with Gasteiger partial charge in [0.2, 0.25) is 0 Å². The molecule has 2 N–H and O–H groups in total. The Bertz CT molecular complexity index is 408. The molecule has 3 nitrogen and oxygen atoms in total. The molecule has 2 fully saturated rings. The number of hydrogen-bond acceptors (Lipinski definition) is 2. The lowest BCUT2D eigenvalue weighted by molar-refractivity contribution is 0.0946. The van der Waals surface area contributed by atoms with Gasteiger partial charge in [0, 0.05) is 28.3 Å². The van der Waals surface area contributed by atoms with Gasteiger partial charge in [0.15, 0.2) is 0 Å². The van der Waals surface area contributed by atoms with E-state index in [1.54, 1.807) is 0 Å². The first-order valence-corrected chi connectivity index (χ1v) is 6.61. The Morgan fingerprint density at radius 3 is 2.50 bits per heavy atom.